The van der Waals surface area contributed by atoms with Gasteiger partial charge in [-0.2, -0.15) is 0 Å². The number of hydrogen-bond acceptors (Lipinski definition) is 1. The van der Waals surface area contributed by atoms with Gasteiger partial charge in [-0.15, -0.1) is 0 Å². The molecule has 0 fully saturated rings. The summed E-state index contributed by atoms with van der Waals surface area (Å²) in [6.45, 7) is 13.4. The van der Waals surface area contributed by atoms with Gasteiger partial charge in [-0.1, -0.05) is 53.7 Å². The lowest BCUT2D eigenvalue weighted by Crippen LogP contribution is -2.27. The van der Waals surface area contributed by atoms with E-state index in [-0.39, 0.29) is 5.41 Å². The fourth-order valence-corrected chi connectivity index (χ4v) is 3.72. The molecule has 3 heteroatoms. The van der Waals surface area contributed by atoms with Gasteiger partial charge in [-0.25, -0.2) is 8.93 Å². The Hall–Kier alpha value is -0.800. The average Bonchev–Trinajstić information content (AvgIpc) is 2.26. The maximum Gasteiger partial charge on any atom is 0.0536 e. The van der Waals surface area contributed by atoms with Gasteiger partial charge in [0.15, 0.2) is 0 Å². The molecule has 0 aliphatic rings. The summed E-state index contributed by atoms with van der Waals surface area (Å²) < 4.78 is 15.7. The van der Waals surface area contributed by atoms with Crippen molar-refractivity contribution in [2.24, 2.45) is 0 Å². The molecule has 0 saturated carbocycles. The zero-order chi connectivity index (χ0) is 14.8. The summed E-state index contributed by atoms with van der Waals surface area (Å²) in [7, 11) is -2.42. The first-order valence-electron chi connectivity index (χ1n) is 6.86. The molecule has 1 unspecified atom stereocenters. The third-order valence-electron chi connectivity index (χ3n) is 3.21. The Morgan fingerprint density at radius 2 is 1.89 bits per heavy atom. The molecule has 0 saturated heterocycles. The van der Waals surface area contributed by atoms with Crippen LogP contribution in [0.25, 0.3) is 0 Å². The molecule has 1 atom stereocenters. The molecule has 1 N–H and O–H groups in total. The van der Waals surface area contributed by atoms with Crippen LogP contribution in [0.3, 0.4) is 0 Å². The van der Waals surface area contributed by atoms with E-state index in [9.17, 15) is 4.21 Å². The Balaban J connectivity index is 3.49. The SMILES string of the molecule is C=S(=O)(NCC)c1ccc(C(C)C)cc1C(C)(C)C. The first kappa shape index (κ1) is 16.3. The quantitative estimate of drug-likeness (QED) is 0.838. The Labute approximate surface area is 118 Å². The maximum atomic E-state index is 12.7. The first-order valence-corrected chi connectivity index (χ1v) is 8.58. The minimum atomic E-state index is -2.42. The number of rotatable bonds is 4. The Bertz CT molecular complexity index is 536. The molecule has 1 aromatic carbocycles. The van der Waals surface area contributed by atoms with Gasteiger partial charge in [0.1, 0.15) is 0 Å². The molecule has 108 valence electrons. The lowest BCUT2D eigenvalue weighted by Gasteiger charge is -2.26. The van der Waals surface area contributed by atoms with E-state index in [1.807, 2.05) is 13.0 Å². The van der Waals surface area contributed by atoms with E-state index in [4.69, 9.17) is 0 Å². The largest absolute Gasteiger partial charge is 0.248 e. The topological polar surface area (TPSA) is 29.1 Å². The highest BCUT2D eigenvalue weighted by Gasteiger charge is 2.23. The van der Waals surface area contributed by atoms with Crippen LogP contribution in [0.4, 0.5) is 0 Å². The summed E-state index contributed by atoms with van der Waals surface area (Å²) >= 11 is 0. The molecule has 0 aliphatic carbocycles. The third-order valence-corrected chi connectivity index (χ3v) is 5.03. The highest BCUT2D eigenvalue weighted by atomic mass is 32.2. The molecule has 0 aromatic heterocycles. The normalized spacial score (nSPS) is 15.5. The second-order valence-electron chi connectivity index (χ2n) is 6.33. The van der Waals surface area contributed by atoms with Gasteiger partial charge in [0.2, 0.25) is 0 Å². The lowest BCUT2D eigenvalue weighted by atomic mass is 9.85. The Kier molecular flexibility index (Phi) is 4.86. The second kappa shape index (κ2) is 5.68. The van der Waals surface area contributed by atoms with E-state index in [0.29, 0.717) is 12.5 Å². The Morgan fingerprint density at radius 1 is 1.32 bits per heavy atom. The Morgan fingerprint density at radius 3 is 2.32 bits per heavy atom. The molecule has 2 nitrogen and oxygen atoms in total. The van der Waals surface area contributed by atoms with Gasteiger partial charge >= 0.3 is 0 Å². The van der Waals surface area contributed by atoms with Crippen LogP contribution in [0, 0.1) is 0 Å². The average molecular weight is 281 g/mol. The lowest BCUT2D eigenvalue weighted by molar-refractivity contribution is 0.572. The van der Waals surface area contributed by atoms with Crippen LogP contribution in [0.5, 0.6) is 0 Å². The van der Waals surface area contributed by atoms with Gasteiger partial charge in [0, 0.05) is 11.4 Å². The van der Waals surface area contributed by atoms with Crippen LogP contribution in [0.15, 0.2) is 23.1 Å². The molecule has 0 amide bonds. The van der Waals surface area contributed by atoms with Crippen molar-refractivity contribution in [3.63, 3.8) is 0 Å². The van der Waals surface area contributed by atoms with E-state index < -0.39 is 9.71 Å². The fraction of sp³-hybridized carbons (Fsp3) is 0.562. The molecular formula is C16H27NOS. The van der Waals surface area contributed by atoms with Crippen LogP contribution < -0.4 is 4.72 Å². The molecule has 1 aromatic rings. The van der Waals surface area contributed by atoms with Crippen molar-refractivity contribution in [2.75, 3.05) is 6.54 Å². The number of nitrogens with one attached hydrogen (secondary N) is 1. The zero-order valence-electron chi connectivity index (χ0n) is 13.0. The zero-order valence-corrected chi connectivity index (χ0v) is 13.9. The molecule has 0 radical (unpaired) electrons. The number of benzene rings is 1. The minimum absolute atomic E-state index is 0.0456. The van der Waals surface area contributed by atoms with E-state index in [0.717, 1.165) is 10.5 Å². The van der Waals surface area contributed by atoms with Crippen LogP contribution >= 0.6 is 0 Å². The first-order chi connectivity index (χ1) is 8.59. The van der Waals surface area contributed by atoms with Crippen LogP contribution in [-0.2, 0) is 15.1 Å². The van der Waals surface area contributed by atoms with Gasteiger partial charge in [-0.3, -0.25) is 0 Å². The molecular weight excluding hydrogens is 254 g/mol. The van der Waals surface area contributed by atoms with Gasteiger partial charge < -0.3 is 0 Å². The predicted octanol–water partition coefficient (Wildman–Crippen LogP) is 3.71. The highest BCUT2D eigenvalue weighted by Crippen LogP contribution is 2.31. The van der Waals surface area contributed by atoms with Gasteiger partial charge in [0.05, 0.1) is 9.71 Å². The molecule has 0 aliphatic heterocycles. The smallest absolute Gasteiger partial charge is 0.0536 e. The molecule has 0 bridgehead atoms. The fourth-order valence-electron chi connectivity index (χ4n) is 2.09. The summed E-state index contributed by atoms with van der Waals surface area (Å²) in [5.74, 6) is 4.36. The van der Waals surface area contributed by atoms with Crippen molar-refractivity contribution in [3.8, 4) is 0 Å². The third kappa shape index (κ3) is 3.83. The maximum absolute atomic E-state index is 12.7. The summed E-state index contributed by atoms with van der Waals surface area (Å²) in [5, 5.41) is 0. The van der Waals surface area contributed by atoms with Crippen molar-refractivity contribution < 1.29 is 4.21 Å². The van der Waals surface area contributed by atoms with Crippen molar-refractivity contribution in [1.29, 1.82) is 0 Å². The van der Waals surface area contributed by atoms with Gasteiger partial charge in [0.25, 0.3) is 0 Å². The van der Waals surface area contributed by atoms with Crippen LogP contribution in [0.1, 0.15) is 58.6 Å². The van der Waals surface area contributed by atoms with Crippen molar-refractivity contribution in [1.82, 2.24) is 4.72 Å². The second-order valence-corrected chi connectivity index (χ2v) is 8.41. The van der Waals surface area contributed by atoms with E-state index in [1.54, 1.807) is 0 Å². The minimum Gasteiger partial charge on any atom is -0.248 e. The van der Waals surface area contributed by atoms with Crippen molar-refractivity contribution in [2.45, 2.75) is 57.8 Å². The van der Waals surface area contributed by atoms with Crippen molar-refractivity contribution >= 4 is 15.6 Å². The summed E-state index contributed by atoms with van der Waals surface area (Å²) in [6.07, 6.45) is 0. The molecule has 19 heavy (non-hydrogen) atoms. The summed E-state index contributed by atoms with van der Waals surface area (Å²) in [5.41, 5.74) is 2.36. The van der Waals surface area contributed by atoms with Crippen LogP contribution in [0.2, 0.25) is 0 Å². The number of hydrogen-bond donors (Lipinski definition) is 1. The van der Waals surface area contributed by atoms with E-state index in [1.165, 1.54) is 5.56 Å². The predicted molar refractivity (Wildman–Crippen MR) is 86.4 cm³/mol. The standard InChI is InChI=1S/C16H27NOS/c1-8-17-19(7,18)15-10-9-13(12(2)3)11-14(15)16(4,5)6/h9-12H,7-8H2,1-6H3,(H,17,18). The van der Waals surface area contributed by atoms with Crippen molar-refractivity contribution in [3.05, 3.63) is 29.3 Å². The summed E-state index contributed by atoms with van der Waals surface area (Å²) in [4.78, 5) is 0.839. The van der Waals surface area contributed by atoms with Gasteiger partial charge in [-0.05, 0) is 34.4 Å². The van der Waals surface area contributed by atoms with E-state index in [2.05, 4.69) is 57.3 Å². The summed E-state index contributed by atoms with van der Waals surface area (Å²) in [6, 6.07) is 6.23. The molecule has 0 heterocycles. The van der Waals surface area contributed by atoms with Crippen LogP contribution in [-0.4, -0.2) is 16.6 Å². The molecule has 1 rings (SSSR count). The highest BCUT2D eigenvalue weighted by molar-refractivity contribution is 7.98. The van der Waals surface area contributed by atoms with E-state index >= 15 is 0 Å². The molecule has 0 spiro atoms. The monoisotopic (exact) mass is 281 g/mol.